The monoisotopic (exact) mass is 461 g/mol. The molecule has 0 aliphatic heterocycles. The minimum absolute atomic E-state index is 0.0390. The highest BCUT2D eigenvalue weighted by molar-refractivity contribution is 6.03. The van der Waals surface area contributed by atoms with Crippen LogP contribution >= 0.6 is 0 Å². The fourth-order valence-corrected chi connectivity index (χ4v) is 4.85. The van der Waals surface area contributed by atoms with Crippen molar-refractivity contribution in [3.05, 3.63) is 28.1 Å². The number of carbonyl (C=O) groups is 4. The normalized spacial score (nSPS) is 17.0. The second-order valence-electron chi connectivity index (χ2n) is 8.33. The Morgan fingerprint density at radius 3 is 1.42 bits per heavy atom. The molecule has 33 heavy (non-hydrogen) atoms. The molecule has 0 saturated carbocycles. The summed E-state index contributed by atoms with van der Waals surface area (Å²) >= 11 is 0. The number of pyridine rings is 1. The van der Waals surface area contributed by atoms with Gasteiger partial charge in [-0.1, -0.05) is 0 Å². The molecule has 0 atom stereocenters. The number of ether oxygens (including phenoxy) is 4. The second-order valence-corrected chi connectivity index (χ2v) is 8.33. The van der Waals surface area contributed by atoms with E-state index in [9.17, 15) is 19.2 Å². The van der Waals surface area contributed by atoms with Crippen LogP contribution in [-0.4, -0.2) is 55.3 Å². The molecule has 0 fully saturated rings. The number of nitrogens with zero attached hydrogens (tertiary/aromatic N) is 1. The lowest BCUT2D eigenvalue weighted by Gasteiger charge is -2.24. The van der Waals surface area contributed by atoms with Gasteiger partial charge in [0, 0.05) is 37.1 Å². The number of hydrogen-bond donors (Lipinski definition) is 0. The Bertz CT molecular complexity index is 947. The predicted octanol–water partition coefficient (Wildman–Crippen LogP) is 1.81. The first-order chi connectivity index (χ1) is 15.7. The van der Waals surface area contributed by atoms with Gasteiger partial charge >= 0.3 is 23.9 Å². The highest BCUT2D eigenvalue weighted by Crippen LogP contribution is 2.48. The van der Waals surface area contributed by atoms with Gasteiger partial charge in [0.1, 0.15) is 0 Å². The van der Waals surface area contributed by atoms with Crippen molar-refractivity contribution >= 4 is 23.9 Å². The van der Waals surface area contributed by atoms with Crippen LogP contribution in [0.2, 0.25) is 0 Å². The van der Waals surface area contributed by atoms with Crippen LogP contribution in [0.1, 0.15) is 55.8 Å². The van der Waals surface area contributed by atoms with Gasteiger partial charge in [0.25, 0.3) is 0 Å². The molecule has 9 nitrogen and oxygen atoms in total. The molecule has 2 aliphatic carbocycles. The summed E-state index contributed by atoms with van der Waals surface area (Å²) in [5.74, 6) is -2.61. The van der Waals surface area contributed by atoms with Crippen molar-refractivity contribution in [2.45, 2.75) is 60.3 Å². The average molecular weight is 462 g/mol. The fraction of sp³-hybridized carbons (Fsp3) is 0.625. The number of fused-ring (bicyclic) bond motifs is 3. The van der Waals surface area contributed by atoms with Gasteiger partial charge in [-0.25, -0.2) is 0 Å². The van der Waals surface area contributed by atoms with E-state index < -0.39 is 34.7 Å². The molecule has 3 rings (SSSR count). The molecule has 0 N–H and O–H groups in total. The Balaban J connectivity index is 2.10. The zero-order valence-electron chi connectivity index (χ0n) is 19.9. The number of rotatable bonds is 8. The minimum atomic E-state index is -1.54. The molecule has 180 valence electrons. The molecular weight excluding hydrogens is 430 g/mol. The van der Waals surface area contributed by atoms with E-state index in [1.807, 2.05) is 0 Å². The van der Waals surface area contributed by atoms with Crippen molar-refractivity contribution in [3.63, 3.8) is 0 Å². The van der Waals surface area contributed by atoms with Crippen LogP contribution in [-0.2, 0) is 63.8 Å². The molecule has 0 radical (unpaired) electrons. The Morgan fingerprint density at radius 1 is 0.636 bits per heavy atom. The third-order valence-corrected chi connectivity index (χ3v) is 6.39. The van der Waals surface area contributed by atoms with Crippen LogP contribution in [0.3, 0.4) is 0 Å². The van der Waals surface area contributed by atoms with E-state index in [1.54, 1.807) is 34.6 Å². The maximum atomic E-state index is 13.0. The topological polar surface area (TPSA) is 118 Å². The number of aryl methyl sites for hydroxylation is 1. The van der Waals surface area contributed by atoms with Crippen molar-refractivity contribution < 1.29 is 38.1 Å². The Morgan fingerprint density at radius 2 is 1.00 bits per heavy atom. The maximum absolute atomic E-state index is 13.0. The molecule has 1 aromatic heterocycles. The third-order valence-electron chi connectivity index (χ3n) is 6.39. The Kier molecular flexibility index (Phi) is 7.09. The number of esters is 4. The summed E-state index contributed by atoms with van der Waals surface area (Å²) in [5, 5.41) is 0. The standard InChI is InChI=1S/C24H31NO8/c1-6-30-19(26)23(20(27)31-7-2)10-15-14(5)25-18-13-24(21(28)32-8-3,22(29)33-9-4)12-17(18)16(15)11-23/h6-13H2,1-5H3. The highest BCUT2D eigenvalue weighted by atomic mass is 16.6. The summed E-state index contributed by atoms with van der Waals surface area (Å²) < 4.78 is 21.0. The summed E-state index contributed by atoms with van der Waals surface area (Å²) in [5.41, 5.74) is 0.343. The summed E-state index contributed by atoms with van der Waals surface area (Å²) in [6.07, 6.45) is 0.239. The van der Waals surface area contributed by atoms with E-state index >= 15 is 0 Å². The van der Waals surface area contributed by atoms with Gasteiger partial charge in [0.15, 0.2) is 10.8 Å². The molecule has 9 heteroatoms. The molecule has 0 spiro atoms. The zero-order valence-corrected chi connectivity index (χ0v) is 19.9. The van der Waals surface area contributed by atoms with Gasteiger partial charge in [-0.2, -0.15) is 0 Å². The van der Waals surface area contributed by atoms with Crippen molar-refractivity contribution in [1.82, 2.24) is 4.98 Å². The molecule has 0 saturated heterocycles. The highest BCUT2D eigenvalue weighted by Gasteiger charge is 2.58. The molecule has 1 heterocycles. The molecule has 0 unspecified atom stereocenters. The lowest BCUT2D eigenvalue weighted by atomic mass is 9.83. The minimum Gasteiger partial charge on any atom is -0.465 e. The summed E-state index contributed by atoms with van der Waals surface area (Å²) in [7, 11) is 0. The molecule has 0 bridgehead atoms. The zero-order chi connectivity index (χ0) is 24.4. The fourth-order valence-electron chi connectivity index (χ4n) is 4.85. The summed E-state index contributed by atoms with van der Waals surface area (Å²) in [6.45, 7) is 8.98. The number of hydrogen-bond acceptors (Lipinski definition) is 9. The second kappa shape index (κ2) is 9.49. The van der Waals surface area contributed by atoms with Gasteiger partial charge in [-0.05, 0) is 51.3 Å². The first kappa shape index (κ1) is 24.7. The number of carbonyl (C=O) groups excluding carboxylic acids is 4. The van der Waals surface area contributed by atoms with Gasteiger partial charge in [-0.3, -0.25) is 24.2 Å². The van der Waals surface area contributed by atoms with Crippen LogP contribution in [0.25, 0.3) is 0 Å². The summed E-state index contributed by atoms with van der Waals surface area (Å²) in [6, 6.07) is 0. The van der Waals surface area contributed by atoms with Crippen LogP contribution in [0, 0.1) is 17.8 Å². The van der Waals surface area contributed by atoms with E-state index in [-0.39, 0.29) is 52.1 Å². The van der Waals surface area contributed by atoms with Crippen molar-refractivity contribution in [2.75, 3.05) is 26.4 Å². The predicted molar refractivity (Wildman–Crippen MR) is 115 cm³/mol. The lowest BCUT2D eigenvalue weighted by molar-refractivity contribution is -0.173. The molecule has 0 amide bonds. The van der Waals surface area contributed by atoms with E-state index in [1.165, 1.54) is 0 Å². The van der Waals surface area contributed by atoms with E-state index in [0.717, 1.165) is 11.1 Å². The molecule has 2 aliphatic rings. The number of aromatic nitrogens is 1. The SMILES string of the molecule is CCOC(=O)C1(C(=O)OCC)Cc2nc(C)c3c(c2C1)CC(C(=O)OCC)(C(=O)OCC)C3. The van der Waals surface area contributed by atoms with Gasteiger partial charge in [-0.15, -0.1) is 0 Å². The first-order valence-corrected chi connectivity index (χ1v) is 11.4. The Labute approximate surface area is 193 Å². The first-order valence-electron chi connectivity index (χ1n) is 11.4. The quantitative estimate of drug-likeness (QED) is 0.324. The Hall–Kier alpha value is -2.97. The molecular formula is C24H31NO8. The van der Waals surface area contributed by atoms with Crippen molar-refractivity contribution in [2.24, 2.45) is 10.8 Å². The van der Waals surface area contributed by atoms with Crippen molar-refractivity contribution in [3.8, 4) is 0 Å². The van der Waals surface area contributed by atoms with E-state index in [0.29, 0.717) is 17.0 Å². The van der Waals surface area contributed by atoms with Gasteiger partial charge in [0.05, 0.1) is 26.4 Å². The molecule has 1 aromatic rings. The van der Waals surface area contributed by atoms with Crippen LogP contribution in [0.5, 0.6) is 0 Å². The van der Waals surface area contributed by atoms with Gasteiger partial charge < -0.3 is 18.9 Å². The third kappa shape index (κ3) is 3.98. The van der Waals surface area contributed by atoms with Crippen LogP contribution < -0.4 is 0 Å². The molecule has 0 aromatic carbocycles. The van der Waals surface area contributed by atoms with Crippen LogP contribution in [0.4, 0.5) is 0 Å². The maximum Gasteiger partial charge on any atom is 0.324 e. The summed E-state index contributed by atoms with van der Waals surface area (Å²) in [4.78, 5) is 56.5. The lowest BCUT2D eigenvalue weighted by Crippen LogP contribution is -2.43. The smallest absolute Gasteiger partial charge is 0.324 e. The van der Waals surface area contributed by atoms with Crippen LogP contribution in [0.15, 0.2) is 0 Å². The van der Waals surface area contributed by atoms with Gasteiger partial charge in [0.2, 0.25) is 0 Å². The van der Waals surface area contributed by atoms with E-state index in [4.69, 9.17) is 18.9 Å². The largest absolute Gasteiger partial charge is 0.465 e. The average Bonchev–Trinajstić information content (AvgIpc) is 3.36. The van der Waals surface area contributed by atoms with Crippen molar-refractivity contribution in [1.29, 1.82) is 0 Å². The van der Waals surface area contributed by atoms with E-state index in [2.05, 4.69) is 4.98 Å².